The Morgan fingerprint density at radius 1 is 0.963 bits per heavy atom. The molecule has 1 aromatic heterocycles. The van der Waals surface area contributed by atoms with Crippen molar-refractivity contribution < 1.29 is 14.7 Å². The van der Waals surface area contributed by atoms with Crippen LogP contribution in [0.3, 0.4) is 0 Å². The number of rotatable bonds is 6. The summed E-state index contributed by atoms with van der Waals surface area (Å²) in [7, 11) is 0. The third-order valence-corrected chi connectivity index (χ3v) is 5.00. The fraction of sp³-hybridized carbons (Fsp3) is 0.348. The van der Waals surface area contributed by atoms with Crippen LogP contribution in [0.5, 0.6) is 11.5 Å². The van der Waals surface area contributed by atoms with E-state index in [9.17, 15) is 10.2 Å². The quantitative estimate of drug-likeness (QED) is 0.520. The summed E-state index contributed by atoms with van der Waals surface area (Å²) in [6.07, 6.45) is 3.99. The second-order valence-electron chi connectivity index (χ2n) is 7.18. The van der Waals surface area contributed by atoms with Crippen molar-refractivity contribution in [1.82, 2.24) is 5.16 Å². The molecule has 0 fully saturated rings. The van der Waals surface area contributed by atoms with Crippen LogP contribution in [0, 0.1) is 20.8 Å². The second-order valence-corrected chi connectivity index (χ2v) is 7.18. The van der Waals surface area contributed by atoms with E-state index in [1.165, 1.54) is 0 Å². The van der Waals surface area contributed by atoms with Crippen LogP contribution in [-0.4, -0.2) is 15.4 Å². The van der Waals surface area contributed by atoms with Crippen molar-refractivity contribution in [3.05, 3.63) is 52.9 Å². The first-order chi connectivity index (χ1) is 12.9. The van der Waals surface area contributed by atoms with Crippen LogP contribution in [-0.2, 0) is 6.42 Å². The summed E-state index contributed by atoms with van der Waals surface area (Å²) in [5, 5.41) is 26.0. The number of aryl methyl sites for hydroxylation is 4. The summed E-state index contributed by atoms with van der Waals surface area (Å²) in [5.74, 6) is 0.849. The first-order valence-corrected chi connectivity index (χ1v) is 9.52. The van der Waals surface area contributed by atoms with Gasteiger partial charge in [-0.15, -0.1) is 0 Å². The Kier molecular flexibility index (Phi) is 5.54. The van der Waals surface area contributed by atoms with Crippen LogP contribution in [0.4, 0.5) is 0 Å². The van der Waals surface area contributed by atoms with Crippen molar-refractivity contribution >= 4 is 0 Å². The van der Waals surface area contributed by atoms with Crippen LogP contribution in [0.15, 0.2) is 34.9 Å². The number of phenolic OH excluding ortho intramolecular Hbond substituents is 2. The van der Waals surface area contributed by atoms with Gasteiger partial charge in [0.05, 0.1) is 16.8 Å². The minimum atomic E-state index is 0.0847. The fourth-order valence-electron chi connectivity index (χ4n) is 3.67. The largest absolute Gasteiger partial charge is 0.507 e. The van der Waals surface area contributed by atoms with Crippen molar-refractivity contribution in [2.75, 3.05) is 0 Å². The molecule has 4 nitrogen and oxygen atoms in total. The van der Waals surface area contributed by atoms with Crippen molar-refractivity contribution in [2.24, 2.45) is 0 Å². The Morgan fingerprint density at radius 3 is 2.37 bits per heavy atom. The van der Waals surface area contributed by atoms with Gasteiger partial charge < -0.3 is 14.7 Å². The van der Waals surface area contributed by atoms with Gasteiger partial charge in [-0.3, -0.25) is 0 Å². The molecule has 0 saturated heterocycles. The number of hydrogen-bond donors (Lipinski definition) is 2. The van der Waals surface area contributed by atoms with Crippen molar-refractivity contribution in [2.45, 2.75) is 53.4 Å². The second kappa shape index (κ2) is 7.87. The summed E-state index contributed by atoms with van der Waals surface area (Å²) in [6, 6.07) is 9.56. The van der Waals surface area contributed by atoms with Gasteiger partial charge in [0, 0.05) is 5.56 Å². The number of aromatic hydroxyl groups is 2. The lowest BCUT2D eigenvalue weighted by Crippen LogP contribution is -1.96. The summed E-state index contributed by atoms with van der Waals surface area (Å²) >= 11 is 0. The molecule has 4 heteroatoms. The molecule has 0 spiro atoms. The topological polar surface area (TPSA) is 66.5 Å². The average molecular weight is 365 g/mol. The normalized spacial score (nSPS) is 11.1. The van der Waals surface area contributed by atoms with Crippen molar-refractivity contribution in [3.63, 3.8) is 0 Å². The Bertz CT molecular complexity index is 937. The lowest BCUT2D eigenvalue weighted by Gasteiger charge is -2.17. The van der Waals surface area contributed by atoms with Gasteiger partial charge in [0.1, 0.15) is 17.3 Å². The van der Waals surface area contributed by atoms with Gasteiger partial charge in [-0.05, 0) is 50.8 Å². The number of hydrogen-bond acceptors (Lipinski definition) is 4. The molecule has 142 valence electrons. The first-order valence-electron chi connectivity index (χ1n) is 9.52. The van der Waals surface area contributed by atoms with E-state index in [4.69, 9.17) is 4.52 Å². The monoisotopic (exact) mass is 365 g/mol. The number of aromatic nitrogens is 1. The molecule has 1 heterocycles. The molecule has 3 rings (SSSR count). The predicted molar refractivity (Wildman–Crippen MR) is 108 cm³/mol. The highest BCUT2D eigenvalue weighted by Crippen LogP contribution is 2.47. The molecule has 2 N–H and O–H groups in total. The summed E-state index contributed by atoms with van der Waals surface area (Å²) in [6.45, 7) is 7.88. The molecule has 2 aromatic carbocycles. The molecule has 0 unspecified atom stereocenters. The SMILES string of the molecule is CCCCCc1cc(O)c(-c2cccc(C)c2)c(O)c1-c1c(C)noc1C. The highest BCUT2D eigenvalue weighted by molar-refractivity contribution is 5.89. The molecule has 0 saturated carbocycles. The van der Waals surface area contributed by atoms with Crippen LogP contribution >= 0.6 is 0 Å². The number of unbranched alkanes of at least 4 members (excludes halogenated alkanes) is 2. The molecule has 0 aliphatic rings. The Morgan fingerprint density at radius 2 is 1.74 bits per heavy atom. The summed E-state index contributed by atoms with van der Waals surface area (Å²) in [4.78, 5) is 0. The van der Waals surface area contributed by atoms with E-state index in [-0.39, 0.29) is 11.5 Å². The van der Waals surface area contributed by atoms with Crippen molar-refractivity contribution in [1.29, 1.82) is 0 Å². The summed E-state index contributed by atoms with van der Waals surface area (Å²) < 4.78 is 5.36. The highest BCUT2D eigenvalue weighted by Gasteiger charge is 2.24. The highest BCUT2D eigenvalue weighted by atomic mass is 16.5. The smallest absolute Gasteiger partial charge is 0.141 e. The molecule has 27 heavy (non-hydrogen) atoms. The summed E-state index contributed by atoms with van der Waals surface area (Å²) in [5.41, 5.74) is 5.50. The lowest BCUT2D eigenvalue weighted by atomic mass is 9.89. The molecular weight excluding hydrogens is 338 g/mol. The number of benzene rings is 2. The van der Waals surface area contributed by atoms with E-state index >= 15 is 0 Å². The minimum Gasteiger partial charge on any atom is -0.507 e. The molecule has 3 aromatic rings. The van der Waals surface area contributed by atoms with Gasteiger partial charge in [-0.25, -0.2) is 0 Å². The Balaban J connectivity index is 2.25. The van der Waals surface area contributed by atoms with Crippen LogP contribution in [0.25, 0.3) is 22.3 Å². The van der Waals surface area contributed by atoms with Gasteiger partial charge in [0.15, 0.2) is 0 Å². The maximum Gasteiger partial charge on any atom is 0.141 e. The fourth-order valence-corrected chi connectivity index (χ4v) is 3.67. The van der Waals surface area contributed by atoms with E-state index in [1.54, 1.807) is 6.07 Å². The Hall–Kier alpha value is -2.75. The zero-order valence-electron chi connectivity index (χ0n) is 16.5. The molecule has 0 aliphatic carbocycles. The van der Waals surface area contributed by atoms with Crippen LogP contribution in [0.2, 0.25) is 0 Å². The predicted octanol–water partition coefficient (Wildman–Crippen LogP) is 6.08. The van der Waals surface area contributed by atoms with E-state index in [0.717, 1.165) is 59.2 Å². The Labute approximate surface area is 160 Å². The van der Waals surface area contributed by atoms with Gasteiger partial charge in [-0.2, -0.15) is 0 Å². The standard InChI is InChI=1S/C23H27NO3/c1-5-6-7-10-18-13-19(25)21(17-11-8-9-14(2)12-17)23(26)22(18)20-15(3)24-27-16(20)4/h8-9,11-13,25-26H,5-7,10H2,1-4H3. The third-order valence-electron chi connectivity index (χ3n) is 5.00. The van der Waals surface area contributed by atoms with Crippen LogP contribution in [0.1, 0.15) is 48.8 Å². The zero-order valence-corrected chi connectivity index (χ0v) is 16.5. The average Bonchev–Trinajstić information content (AvgIpc) is 2.94. The van der Waals surface area contributed by atoms with E-state index in [0.29, 0.717) is 11.3 Å². The maximum absolute atomic E-state index is 11.2. The number of phenols is 2. The molecular formula is C23H27NO3. The van der Waals surface area contributed by atoms with Gasteiger partial charge in [-0.1, -0.05) is 54.8 Å². The lowest BCUT2D eigenvalue weighted by molar-refractivity contribution is 0.393. The van der Waals surface area contributed by atoms with E-state index in [2.05, 4.69) is 12.1 Å². The van der Waals surface area contributed by atoms with Crippen LogP contribution < -0.4 is 0 Å². The number of nitrogens with zero attached hydrogens (tertiary/aromatic N) is 1. The van der Waals surface area contributed by atoms with E-state index < -0.39 is 0 Å². The van der Waals surface area contributed by atoms with Gasteiger partial charge in [0.2, 0.25) is 0 Å². The molecule has 0 atom stereocenters. The van der Waals surface area contributed by atoms with Gasteiger partial charge >= 0.3 is 0 Å². The zero-order chi connectivity index (χ0) is 19.6. The van der Waals surface area contributed by atoms with Crippen molar-refractivity contribution in [3.8, 4) is 33.8 Å². The first kappa shape index (κ1) is 19.0. The maximum atomic E-state index is 11.2. The molecule has 0 aliphatic heterocycles. The third kappa shape index (κ3) is 3.70. The minimum absolute atomic E-state index is 0.0847. The van der Waals surface area contributed by atoms with Gasteiger partial charge in [0.25, 0.3) is 0 Å². The molecule has 0 bridgehead atoms. The van der Waals surface area contributed by atoms with E-state index in [1.807, 2.05) is 45.0 Å². The molecule has 0 amide bonds. The molecule has 0 radical (unpaired) electrons.